The fourth-order valence-corrected chi connectivity index (χ4v) is 3.42. The maximum absolute atomic E-state index is 5.21. The van der Waals surface area contributed by atoms with E-state index in [2.05, 4.69) is 29.6 Å². The van der Waals surface area contributed by atoms with Gasteiger partial charge < -0.3 is 10.1 Å². The maximum Gasteiger partial charge on any atom is 0.118 e. The molecule has 2 heteroatoms. The van der Waals surface area contributed by atoms with E-state index >= 15 is 0 Å². The van der Waals surface area contributed by atoms with Gasteiger partial charge in [0.05, 0.1) is 7.11 Å². The Morgan fingerprint density at radius 3 is 2.65 bits per heavy atom. The van der Waals surface area contributed by atoms with Gasteiger partial charge in [-0.1, -0.05) is 18.6 Å². The molecule has 1 aliphatic heterocycles. The zero-order valence-corrected chi connectivity index (χ0v) is 10.5. The minimum Gasteiger partial charge on any atom is -0.497 e. The number of nitrogens with one attached hydrogen (secondary N) is 1. The second kappa shape index (κ2) is 4.69. The predicted molar refractivity (Wildman–Crippen MR) is 69.2 cm³/mol. The van der Waals surface area contributed by atoms with E-state index in [1.807, 2.05) is 0 Å². The first kappa shape index (κ1) is 11.1. The molecule has 2 nitrogen and oxygen atoms in total. The fourth-order valence-electron chi connectivity index (χ4n) is 3.42. The molecule has 2 aliphatic rings. The second-order valence-corrected chi connectivity index (χ2v) is 5.37. The number of piperidine rings is 1. The summed E-state index contributed by atoms with van der Waals surface area (Å²) < 4.78 is 5.21. The lowest BCUT2D eigenvalue weighted by molar-refractivity contribution is 0.261. The van der Waals surface area contributed by atoms with Gasteiger partial charge in [0.15, 0.2) is 0 Å². The minimum absolute atomic E-state index is 0.556. The van der Waals surface area contributed by atoms with Gasteiger partial charge in [-0.2, -0.15) is 0 Å². The van der Waals surface area contributed by atoms with Gasteiger partial charge in [-0.15, -0.1) is 0 Å². The van der Waals surface area contributed by atoms with E-state index in [1.165, 1.54) is 37.7 Å². The first-order valence-corrected chi connectivity index (χ1v) is 6.77. The normalized spacial score (nSPS) is 32.2. The SMILES string of the molecule is COc1ccc(C2CCC3CCCC3N2)cc1. The van der Waals surface area contributed by atoms with Crippen molar-refractivity contribution in [2.45, 2.75) is 44.2 Å². The second-order valence-electron chi connectivity index (χ2n) is 5.37. The summed E-state index contributed by atoms with van der Waals surface area (Å²) in [4.78, 5) is 0. The van der Waals surface area contributed by atoms with Crippen molar-refractivity contribution in [3.8, 4) is 5.75 Å². The number of fused-ring (bicyclic) bond motifs is 1. The summed E-state index contributed by atoms with van der Waals surface area (Å²) in [6.07, 6.45) is 6.91. The lowest BCUT2D eigenvalue weighted by Gasteiger charge is -2.33. The third-order valence-electron chi connectivity index (χ3n) is 4.42. The maximum atomic E-state index is 5.21. The average Bonchev–Trinajstić information content (AvgIpc) is 2.86. The van der Waals surface area contributed by atoms with E-state index in [-0.39, 0.29) is 0 Å². The number of methoxy groups -OCH3 is 1. The van der Waals surface area contributed by atoms with Gasteiger partial charge >= 0.3 is 0 Å². The van der Waals surface area contributed by atoms with Crippen LogP contribution in [-0.4, -0.2) is 13.2 Å². The van der Waals surface area contributed by atoms with Crippen molar-refractivity contribution in [1.29, 1.82) is 0 Å². The van der Waals surface area contributed by atoms with Crippen LogP contribution in [0.25, 0.3) is 0 Å². The Bertz CT molecular complexity index is 373. The Morgan fingerprint density at radius 1 is 1.06 bits per heavy atom. The highest BCUT2D eigenvalue weighted by Crippen LogP contribution is 2.38. The van der Waals surface area contributed by atoms with Gasteiger partial charge in [-0.05, 0) is 49.3 Å². The molecule has 1 aromatic rings. The number of ether oxygens (including phenoxy) is 1. The Morgan fingerprint density at radius 2 is 1.88 bits per heavy atom. The smallest absolute Gasteiger partial charge is 0.118 e. The molecular weight excluding hydrogens is 210 g/mol. The van der Waals surface area contributed by atoms with Crippen molar-refractivity contribution in [2.75, 3.05) is 7.11 Å². The highest BCUT2D eigenvalue weighted by Gasteiger charge is 2.33. The van der Waals surface area contributed by atoms with Crippen LogP contribution in [0.1, 0.15) is 43.7 Å². The van der Waals surface area contributed by atoms with E-state index in [1.54, 1.807) is 7.11 Å². The Labute approximate surface area is 103 Å². The van der Waals surface area contributed by atoms with Crippen molar-refractivity contribution in [3.63, 3.8) is 0 Å². The molecule has 0 spiro atoms. The molecule has 0 amide bonds. The molecule has 1 N–H and O–H groups in total. The zero-order chi connectivity index (χ0) is 11.7. The standard InChI is InChI=1S/C15H21NO/c1-17-13-8-5-12(6-9-13)15-10-7-11-3-2-4-14(11)16-15/h5-6,8-9,11,14-16H,2-4,7,10H2,1H3. The molecule has 17 heavy (non-hydrogen) atoms. The van der Waals surface area contributed by atoms with Crippen molar-refractivity contribution >= 4 is 0 Å². The molecule has 92 valence electrons. The summed E-state index contributed by atoms with van der Waals surface area (Å²) in [5.41, 5.74) is 1.41. The van der Waals surface area contributed by atoms with E-state index < -0.39 is 0 Å². The Hall–Kier alpha value is -1.02. The molecule has 0 radical (unpaired) electrons. The third-order valence-corrected chi connectivity index (χ3v) is 4.42. The van der Waals surface area contributed by atoms with Crippen LogP contribution >= 0.6 is 0 Å². The van der Waals surface area contributed by atoms with E-state index in [0.717, 1.165) is 17.7 Å². The highest BCUT2D eigenvalue weighted by molar-refractivity contribution is 5.29. The number of hydrogen-bond acceptors (Lipinski definition) is 2. The molecule has 2 fully saturated rings. The van der Waals surface area contributed by atoms with E-state index in [0.29, 0.717) is 6.04 Å². The summed E-state index contributed by atoms with van der Waals surface area (Å²) in [7, 11) is 1.72. The van der Waals surface area contributed by atoms with Crippen LogP contribution in [0.15, 0.2) is 24.3 Å². The molecule has 1 saturated carbocycles. The number of benzene rings is 1. The fraction of sp³-hybridized carbons (Fsp3) is 0.600. The van der Waals surface area contributed by atoms with Crippen molar-refractivity contribution in [1.82, 2.24) is 5.32 Å². The van der Waals surface area contributed by atoms with E-state index in [4.69, 9.17) is 4.74 Å². The van der Waals surface area contributed by atoms with Crippen LogP contribution in [0.5, 0.6) is 5.75 Å². The van der Waals surface area contributed by atoms with Crippen molar-refractivity contribution in [3.05, 3.63) is 29.8 Å². The molecule has 1 heterocycles. The van der Waals surface area contributed by atoms with Gasteiger partial charge in [-0.3, -0.25) is 0 Å². The molecule has 3 unspecified atom stereocenters. The Balaban J connectivity index is 1.71. The van der Waals surface area contributed by atoms with Gasteiger partial charge in [0.2, 0.25) is 0 Å². The van der Waals surface area contributed by atoms with Gasteiger partial charge in [0.1, 0.15) is 5.75 Å². The largest absolute Gasteiger partial charge is 0.497 e. The lowest BCUT2D eigenvalue weighted by atomic mass is 9.87. The minimum atomic E-state index is 0.556. The van der Waals surface area contributed by atoms with Gasteiger partial charge in [-0.25, -0.2) is 0 Å². The summed E-state index contributed by atoms with van der Waals surface area (Å²) in [5.74, 6) is 1.90. The summed E-state index contributed by atoms with van der Waals surface area (Å²) >= 11 is 0. The topological polar surface area (TPSA) is 21.3 Å². The molecule has 0 aromatic heterocycles. The summed E-state index contributed by atoms with van der Waals surface area (Å²) in [6.45, 7) is 0. The van der Waals surface area contributed by atoms with Crippen LogP contribution in [-0.2, 0) is 0 Å². The molecule has 0 bridgehead atoms. The van der Waals surface area contributed by atoms with Crippen LogP contribution in [0.3, 0.4) is 0 Å². The van der Waals surface area contributed by atoms with Crippen molar-refractivity contribution in [2.24, 2.45) is 5.92 Å². The van der Waals surface area contributed by atoms with Crippen LogP contribution in [0.2, 0.25) is 0 Å². The first-order valence-electron chi connectivity index (χ1n) is 6.77. The predicted octanol–water partition coefficient (Wildman–Crippen LogP) is 3.29. The third kappa shape index (κ3) is 2.19. The van der Waals surface area contributed by atoms with Crippen LogP contribution < -0.4 is 10.1 Å². The van der Waals surface area contributed by atoms with Crippen LogP contribution in [0, 0.1) is 5.92 Å². The van der Waals surface area contributed by atoms with E-state index in [9.17, 15) is 0 Å². The monoisotopic (exact) mass is 231 g/mol. The number of rotatable bonds is 2. The number of hydrogen-bond donors (Lipinski definition) is 1. The average molecular weight is 231 g/mol. The van der Waals surface area contributed by atoms with Gasteiger partial charge in [0.25, 0.3) is 0 Å². The Kier molecular flexibility index (Phi) is 3.06. The first-order chi connectivity index (χ1) is 8.36. The molecule has 1 aliphatic carbocycles. The highest BCUT2D eigenvalue weighted by atomic mass is 16.5. The molecule has 1 saturated heterocycles. The zero-order valence-electron chi connectivity index (χ0n) is 10.5. The summed E-state index contributed by atoms with van der Waals surface area (Å²) in [5, 5.41) is 3.83. The van der Waals surface area contributed by atoms with Gasteiger partial charge in [0, 0.05) is 12.1 Å². The molecule has 3 atom stereocenters. The quantitative estimate of drug-likeness (QED) is 0.843. The van der Waals surface area contributed by atoms with Crippen LogP contribution in [0.4, 0.5) is 0 Å². The van der Waals surface area contributed by atoms with Crippen molar-refractivity contribution < 1.29 is 4.74 Å². The summed E-state index contributed by atoms with van der Waals surface area (Å²) in [6, 6.07) is 9.86. The molecular formula is C15H21NO. The molecule has 3 rings (SSSR count). The molecule has 1 aromatic carbocycles. The lowest BCUT2D eigenvalue weighted by Crippen LogP contribution is -2.40.